The molecule has 0 heterocycles. The topological polar surface area (TPSA) is 131 Å². The van der Waals surface area contributed by atoms with Crippen molar-refractivity contribution in [2.24, 2.45) is 5.73 Å². The first-order valence-corrected chi connectivity index (χ1v) is 10.7. The lowest BCUT2D eigenvalue weighted by Gasteiger charge is -2.32. The van der Waals surface area contributed by atoms with E-state index in [9.17, 15) is 19.2 Å². The molecule has 2 unspecified atom stereocenters. The number of primary amides is 1. The fourth-order valence-electron chi connectivity index (χ4n) is 3.04. The SMILES string of the molecule is C#Cc1ccc(C(C(=O)NC(C)C)N(C)C(=O)C(CCC(N)=O)NC(=O)OC(C)(C)C)cc1. The van der Waals surface area contributed by atoms with E-state index in [2.05, 4.69) is 16.6 Å². The number of nitrogens with one attached hydrogen (secondary N) is 2. The summed E-state index contributed by atoms with van der Waals surface area (Å²) in [5.74, 6) is 0.902. The van der Waals surface area contributed by atoms with E-state index in [1.807, 2.05) is 0 Å². The number of likely N-dealkylation sites (N-methyl/N-ethyl adjacent to an activating group) is 1. The summed E-state index contributed by atoms with van der Waals surface area (Å²) < 4.78 is 5.24. The zero-order valence-corrected chi connectivity index (χ0v) is 20.1. The van der Waals surface area contributed by atoms with Gasteiger partial charge in [0.2, 0.25) is 17.7 Å². The molecule has 0 saturated carbocycles. The second kappa shape index (κ2) is 11.9. The van der Waals surface area contributed by atoms with Crippen molar-refractivity contribution in [2.75, 3.05) is 7.05 Å². The zero-order valence-electron chi connectivity index (χ0n) is 20.1. The van der Waals surface area contributed by atoms with Crippen LogP contribution >= 0.6 is 0 Å². The average Bonchev–Trinajstić information content (AvgIpc) is 2.69. The summed E-state index contributed by atoms with van der Waals surface area (Å²) in [6, 6.07) is 4.39. The molecule has 1 rings (SSSR count). The Morgan fingerprint density at radius 1 is 1.12 bits per heavy atom. The van der Waals surface area contributed by atoms with E-state index in [0.29, 0.717) is 11.1 Å². The molecule has 4 amide bonds. The number of alkyl carbamates (subject to hydrolysis) is 1. The molecule has 4 N–H and O–H groups in total. The number of nitrogens with two attached hydrogens (primary N) is 1. The van der Waals surface area contributed by atoms with Gasteiger partial charge in [0.15, 0.2) is 0 Å². The summed E-state index contributed by atoms with van der Waals surface area (Å²) >= 11 is 0. The molecule has 180 valence electrons. The Balaban J connectivity index is 3.26. The van der Waals surface area contributed by atoms with Crippen LogP contribution in [0.1, 0.15) is 64.6 Å². The molecule has 0 aromatic heterocycles. The number of carbonyl (C=O) groups is 4. The van der Waals surface area contributed by atoms with Crippen LogP contribution in [-0.4, -0.2) is 53.4 Å². The predicted molar refractivity (Wildman–Crippen MR) is 125 cm³/mol. The van der Waals surface area contributed by atoms with Crippen molar-refractivity contribution in [1.29, 1.82) is 0 Å². The molecule has 0 aliphatic rings. The second-order valence-electron chi connectivity index (χ2n) is 8.99. The van der Waals surface area contributed by atoms with Gasteiger partial charge in [-0.25, -0.2) is 4.79 Å². The van der Waals surface area contributed by atoms with Crippen LogP contribution in [0, 0.1) is 12.3 Å². The Labute approximate surface area is 195 Å². The number of benzene rings is 1. The standard InChI is InChI=1S/C24H34N4O5/c1-8-16-9-11-17(12-10-16)20(21(30)26-15(2)3)28(7)22(31)18(13-14-19(25)29)27-23(32)33-24(4,5)6/h1,9-12,15,18,20H,13-14H2,2-7H3,(H2,25,29)(H,26,30)(H,27,32). The smallest absolute Gasteiger partial charge is 0.408 e. The second-order valence-corrected chi connectivity index (χ2v) is 8.99. The molecule has 9 nitrogen and oxygen atoms in total. The third-order valence-electron chi connectivity index (χ3n) is 4.48. The minimum atomic E-state index is -1.13. The molecule has 0 spiro atoms. The average molecular weight is 459 g/mol. The summed E-state index contributed by atoms with van der Waals surface area (Å²) in [5.41, 5.74) is 5.62. The Morgan fingerprint density at radius 3 is 2.15 bits per heavy atom. The molecule has 0 radical (unpaired) electrons. The van der Waals surface area contributed by atoms with Gasteiger partial charge in [-0.3, -0.25) is 14.4 Å². The van der Waals surface area contributed by atoms with Gasteiger partial charge in [0.25, 0.3) is 0 Å². The largest absolute Gasteiger partial charge is 0.444 e. The molecule has 0 aliphatic carbocycles. The van der Waals surface area contributed by atoms with Crippen molar-refractivity contribution in [1.82, 2.24) is 15.5 Å². The predicted octanol–water partition coefficient (Wildman–Crippen LogP) is 1.85. The quantitative estimate of drug-likeness (QED) is 0.486. The minimum Gasteiger partial charge on any atom is -0.444 e. The van der Waals surface area contributed by atoms with Crippen molar-refractivity contribution in [2.45, 2.75) is 71.2 Å². The van der Waals surface area contributed by atoms with Crippen LogP contribution < -0.4 is 16.4 Å². The summed E-state index contributed by atoms with van der Waals surface area (Å²) in [6.45, 7) is 8.66. The van der Waals surface area contributed by atoms with Crippen molar-refractivity contribution in [3.8, 4) is 12.3 Å². The molecule has 33 heavy (non-hydrogen) atoms. The molecule has 1 aromatic carbocycles. The van der Waals surface area contributed by atoms with E-state index >= 15 is 0 Å². The van der Waals surface area contributed by atoms with Crippen LogP contribution in [0.15, 0.2) is 24.3 Å². The lowest BCUT2D eigenvalue weighted by molar-refractivity contribution is -0.141. The lowest BCUT2D eigenvalue weighted by Crippen LogP contribution is -2.52. The minimum absolute atomic E-state index is 0.0493. The highest BCUT2D eigenvalue weighted by atomic mass is 16.6. The number of nitrogens with zero attached hydrogens (tertiary/aromatic N) is 1. The number of ether oxygens (including phenoxy) is 1. The molecular formula is C24H34N4O5. The van der Waals surface area contributed by atoms with E-state index in [4.69, 9.17) is 16.9 Å². The molecule has 1 aromatic rings. The first kappa shape index (κ1) is 27.5. The van der Waals surface area contributed by atoms with Gasteiger partial charge >= 0.3 is 6.09 Å². The van der Waals surface area contributed by atoms with E-state index in [-0.39, 0.29) is 18.9 Å². The molecule has 0 bridgehead atoms. The summed E-state index contributed by atoms with van der Waals surface area (Å²) in [6.07, 6.45) is 4.41. The number of hydrogen-bond donors (Lipinski definition) is 3. The molecule has 0 saturated heterocycles. The number of terminal acetylenes is 1. The summed E-state index contributed by atoms with van der Waals surface area (Å²) in [5, 5.41) is 5.30. The number of amides is 4. The monoisotopic (exact) mass is 458 g/mol. The van der Waals surface area contributed by atoms with Crippen LogP contribution in [-0.2, 0) is 19.1 Å². The zero-order chi connectivity index (χ0) is 25.3. The maximum atomic E-state index is 13.4. The summed E-state index contributed by atoms with van der Waals surface area (Å²) in [4.78, 5) is 51.3. The molecule has 0 fully saturated rings. The molecule has 0 aliphatic heterocycles. The van der Waals surface area contributed by atoms with Crippen molar-refractivity contribution < 1.29 is 23.9 Å². The first-order chi connectivity index (χ1) is 15.2. The Morgan fingerprint density at radius 2 is 1.70 bits per heavy atom. The lowest BCUT2D eigenvalue weighted by atomic mass is 10.0. The highest BCUT2D eigenvalue weighted by molar-refractivity contribution is 5.92. The van der Waals surface area contributed by atoms with E-state index < -0.39 is 41.5 Å². The maximum absolute atomic E-state index is 13.4. The third-order valence-corrected chi connectivity index (χ3v) is 4.48. The van der Waals surface area contributed by atoms with Gasteiger partial charge in [0.05, 0.1) is 0 Å². The van der Waals surface area contributed by atoms with Crippen molar-refractivity contribution in [3.05, 3.63) is 35.4 Å². The Kier molecular flexibility index (Phi) is 9.92. The van der Waals surface area contributed by atoms with E-state index in [1.165, 1.54) is 11.9 Å². The summed E-state index contributed by atoms with van der Waals surface area (Å²) in [7, 11) is 1.45. The van der Waals surface area contributed by atoms with Crippen LogP contribution in [0.3, 0.4) is 0 Å². The van der Waals surface area contributed by atoms with Crippen molar-refractivity contribution in [3.63, 3.8) is 0 Å². The highest BCUT2D eigenvalue weighted by Gasteiger charge is 2.34. The molecular weight excluding hydrogens is 424 g/mol. The fraction of sp³-hybridized carbons (Fsp3) is 0.500. The fourth-order valence-corrected chi connectivity index (χ4v) is 3.04. The first-order valence-electron chi connectivity index (χ1n) is 10.7. The third kappa shape index (κ3) is 9.23. The van der Waals surface area contributed by atoms with Crippen LogP contribution in [0.25, 0.3) is 0 Å². The van der Waals surface area contributed by atoms with E-state index in [1.54, 1.807) is 58.9 Å². The maximum Gasteiger partial charge on any atom is 0.408 e. The Hall–Kier alpha value is -3.54. The van der Waals surface area contributed by atoms with Gasteiger partial charge in [-0.2, -0.15) is 0 Å². The van der Waals surface area contributed by atoms with Gasteiger partial charge in [-0.15, -0.1) is 6.42 Å². The highest BCUT2D eigenvalue weighted by Crippen LogP contribution is 2.22. The van der Waals surface area contributed by atoms with Gasteiger partial charge in [0.1, 0.15) is 17.7 Å². The number of carbonyl (C=O) groups excluding carboxylic acids is 4. The number of rotatable bonds is 9. The number of hydrogen-bond acceptors (Lipinski definition) is 5. The van der Waals surface area contributed by atoms with Crippen LogP contribution in [0.5, 0.6) is 0 Å². The van der Waals surface area contributed by atoms with E-state index in [0.717, 1.165) is 0 Å². The Bertz CT molecular complexity index is 897. The normalized spacial score (nSPS) is 12.8. The van der Waals surface area contributed by atoms with Gasteiger partial charge in [0, 0.05) is 25.1 Å². The van der Waals surface area contributed by atoms with Crippen LogP contribution in [0.4, 0.5) is 4.79 Å². The van der Waals surface area contributed by atoms with Crippen LogP contribution in [0.2, 0.25) is 0 Å². The van der Waals surface area contributed by atoms with Gasteiger partial charge < -0.3 is 26.0 Å². The van der Waals surface area contributed by atoms with Crippen molar-refractivity contribution >= 4 is 23.8 Å². The molecule has 9 heteroatoms. The van der Waals surface area contributed by atoms with Gasteiger partial charge in [-0.1, -0.05) is 18.1 Å². The molecule has 2 atom stereocenters. The van der Waals surface area contributed by atoms with Gasteiger partial charge in [-0.05, 0) is 58.7 Å².